The van der Waals surface area contributed by atoms with Crippen molar-refractivity contribution in [3.8, 4) is 0 Å². The van der Waals surface area contributed by atoms with E-state index in [9.17, 15) is 4.79 Å². The lowest BCUT2D eigenvalue weighted by Crippen LogP contribution is -2.21. The highest BCUT2D eigenvalue weighted by molar-refractivity contribution is 7.13. The van der Waals surface area contributed by atoms with Gasteiger partial charge in [-0.1, -0.05) is 27.2 Å². The first-order valence-electron chi connectivity index (χ1n) is 7.08. The smallest absolute Gasteiger partial charge is 0.228 e. The number of nitrogens with zero attached hydrogens (tertiary/aromatic N) is 1. The molecule has 1 rings (SSSR count). The van der Waals surface area contributed by atoms with Gasteiger partial charge in [-0.3, -0.25) is 4.79 Å². The van der Waals surface area contributed by atoms with Crippen LogP contribution in [0.4, 0.5) is 5.13 Å². The van der Waals surface area contributed by atoms with Crippen molar-refractivity contribution in [2.45, 2.75) is 53.0 Å². The quantitative estimate of drug-likeness (QED) is 0.766. The van der Waals surface area contributed by atoms with Crippen molar-refractivity contribution in [1.82, 2.24) is 10.3 Å². The molecule has 0 saturated heterocycles. The number of nitrogens with one attached hydrogen (secondary N) is 2. The zero-order chi connectivity index (χ0) is 14.3. The van der Waals surface area contributed by atoms with E-state index in [-0.39, 0.29) is 17.9 Å². The topological polar surface area (TPSA) is 54.0 Å². The Morgan fingerprint density at radius 3 is 2.74 bits per heavy atom. The zero-order valence-electron chi connectivity index (χ0n) is 12.3. The molecule has 0 fully saturated rings. The molecule has 0 bridgehead atoms. The number of carbonyl (C=O) groups excluding carboxylic acids is 1. The van der Waals surface area contributed by atoms with Crippen molar-refractivity contribution < 1.29 is 4.79 Å². The number of hydrogen-bond donors (Lipinski definition) is 2. The van der Waals surface area contributed by atoms with Crippen molar-refractivity contribution in [2.24, 2.45) is 5.92 Å². The van der Waals surface area contributed by atoms with Crippen molar-refractivity contribution in [3.05, 3.63) is 11.1 Å². The fourth-order valence-electron chi connectivity index (χ4n) is 1.80. The van der Waals surface area contributed by atoms with Crippen molar-refractivity contribution in [2.75, 3.05) is 11.9 Å². The van der Waals surface area contributed by atoms with Crippen LogP contribution in [0.2, 0.25) is 0 Å². The van der Waals surface area contributed by atoms with Gasteiger partial charge in [0.15, 0.2) is 5.13 Å². The highest BCUT2D eigenvalue weighted by Crippen LogP contribution is 2.21. The summed E-state index contributed by atoms with van der Waals surface area (Å²) in [6, 6.07) is 0.231. The predicted molar refractivity (Wildman–Crippen MR) is 81.5 cm³/mol. The Morgan fingerprint density at radius 1 is 1.37 bits per heavy atom. The first kappa shape index (κ1) is 16.1. The van der Waals surface area contributed by atoms with Crippen LogP contribution in [0.3, 0.4) is 0 Å². The van der Waals surface area contributed by atoms with E-state index in [4.69, 9.17) is 0 Å². The number of carbonyl (C=O) groups is 1. The van der Waals surface area contributed by atoms with Crippen molar-refractivity contribution in [1.29, 1.82) is 0 Å². The minimum Gasteiger partial charge on any atom is -0.309 e. The van der Waals surface area contributed by atoms with Crippen molar-refractivity contribution in [3.63, 3.8) is 0 Å². The molecule has 0 radical (unpaired) electrons. The summed E-state index contributed by atoms with van der Waals surface area (Å²) in [5.41, 5.74) is 0.997. The van der Waals surface area contributed by atoms with Crippen LogP contribution in [0.1, 0.15) is 58.7 Å². The molecule has 4 nitrogen and oxygen atoms in total. The summed E-state index contributed by atoms with van der Waals surface area (Å²) in [7, 11) is 0. The summed E-state index contributed by atoms with van der Waals surface area (Å²) < 4.78 is 0. The first-order chi connectivity index (χ1) is 9.08. The number of rotatable bonds is 8. The van der Waals surface area contributed by atoms with E-state index in [0.717, 1.165) is 31.5 Å². The molecule has 108 valence electrons. The number of hydrogen-bond acceptors (Lipinski definition) is 4. The highest BCUT2D eigenvalue weighted by Gasteiger charge is 2.15. The molecule has 0 aliphatic heterocycles. The van der Waals surface area contributed by atoms with Crippen molar-refractivity contribution >= 4 is 22.4 Å². The van der Waals surface area contributed by atoms with Gasteiger partial charge in [0.05, 0.1) is 5.69 Å². The third-order valence-electron chi connectivity index (χ3n) is 3.07. The second kappa shape index (κ2) is 8.27. The summed E-state index contributed by atoms with van der Waals surface area (Å²) in [5, 5.41) is 9.00. The van der Waals surface area contributed by atoms with Gasteiger partial charge in [0.2, 0.25) is 5.91 Å². The molecule has 1 aromatic heterocycles. The Kier molecular flexibility index (Phi) is 7.02. The van der Waals surface area contributed by atoms with Crippen LogP contribution >= 0.6 is 11.3 Å². The van der Waals surface area contributed by atoms with E-state index in [1.54, 1.807) is 0 Å². The lowest BCUT2D eigenvalue weighted by molar-refractivity contribution is -0.119. The van der Waals surface area contributed by atoms with Gasteiger partial charge in [-0.2, -0.15) is 0 Å². The van der Waals surface area contributed by atoms with Gasteiger partial charge < -0.3 is 10.6 Å². The van der Waals surface area contributed by atoms with Gasteiger partial charge in [0, 0.05) is 17.3 Å². The van der Waals surface area contributed by atoms with E-state index in [2.05, 4.69) is 36.4 Å². The van der Waals surface area contributed by atoms with Crippen LogP contribution in [0, 0.1) is 5.92 Å². The third kappa shape index (κ3) is 5.28. The summed E-state index contributed by atoms with van der Waals surface area (Å²) in [5.74, 6) is 0.116. The average molecular weight is 283 g/mol. The number of aromatic nitrogens is 1. The minimum absolute atomic E-state index is 0.0491. The molecule has 0 spiro atoms. The lowest BCUT2D eigenvalue weighted by Gasteiger charge is -2.10. The monoisotopic (exact) mass is 283 g/mol. The highest BCUT2D eigenvalue weighted by atomic mass is 32.1. The first-order valence-corrected chi connectivity index (χ1v) is 7.96. The van der Waals surface area contributed by atoms with Gasteiger partial charge >= 0.3 is 0 Å². The molecular formula is C14H25N3OS. The number of anilines is 1. The van der Waals surface area contributed by atoms with Gasteiger partial charge in [-0.25, -0.2) is 4.98 Å². The Hall–Kier alpha value is -0.940. The van der Waals surface area contributed by atoms with Crippen LogP contribution < -0.4 is 10.6 Å². The lowest BCUT2D eigenvalue weighted by atomic mass is 10.1. The second-order valence-electron chi connectivity index (χ2n) is 4.93. The summed E-state index contributed by atoms with van der Waals surface area (Å²) in [6.07, 6.45) is 3.04. The second-order valence-corrected chi connectivity index (χ2v) is 5.79. The Balaban J connectivity index is 2.52. The fraction of sp³-hybridized carbons (Fsp3) is 0.714. The molecule has 2 unspecified atom stereocenters. The molecule has 0 aliphatic rings. The summed E-state index contributed by atoms with van der Waals surface area (Å²) in [4.78, 5) is 16.4. The molecule has 1 aromatic rings. The van der Waals surface area contributed by atoms with Crippen LogP contribution in [-0.2, 0) is 4.79 Å². The molecule has 19 heavy (non-hydrogen) atoms. The zero-order valence-corrected chi connectivity index (χ0v) is 13.1. The standard InChI is InChI=1S/C14H25N3OS/c1-5-7-10(3)13(18)17-14-16-12(9-19-14)11(4)15-8-6-2/h9-11,15H,5-8H2,1-4H3,(H,16,17,18). The van der Waals surface area contributed by atoms with Crippen LogP contribution in [-0.4, -0.2) is 17.4 Å². The van der Waals surface area contributed by atoms with Crippen LogP contribution in [0.5, 0.6) is 0 Å². The van der Waals surface area contributed by atoms with E-state index in [0.29, 0.717) is 5.13 Å². The Labute approximate surface area is 120 Å². The van der Waals surface area contributed by atoms with Gasteiger partial charge in [-0.05, 0) is 26.3 Å². The van der Waals surface area contributed by atoms with E-state index in [1.807, 2.05) is 12.3 Å². The summed E-state index contributed by atoms with van der Waals surface area (Å²) in [6.45, 7) is 9.26. The summed E-state index contributed by atoms with van der Waals surface area (Å²) >= 11 is 1.49. The maximum Gasteiger partial charge on any atom is 0.228 e. The minimum atomic E-state index is 0.0491. The Morgan fingerprint density at radius 2 is 2.11 bits per heavy atom. The molecule has 1 amide bonds. The largest absolute Gasteiger partial charge is 0.309 e. The molecular weight excluding hydrogens is 258 g/mol. The molecule has 0 aromatic carbocycles. The van der Waals surface area contributed by atoms with Gasteiger partial charge in [-0.15, -0.1) is 11.3 Å². The van der Waals surface area contributed by atoms with E-state index in [1.165, 1.54) is 11.3 Å². The normalized spacial score (nSPS) is 14.1. The molecule has 2 N–H and O–H groups in total. The molecule has 1 heterocycles. The van der Waals surface area contributed by atoms with E-state index < -0.39 is 0 Å². The maximum absolute atomic E-state index is 11.9. The third-order valence-corrected chi connectivity index (χ3v) is 3.84. The van der Waals surface area contributed by atoms with Gasteiger partial charge in [0.25, 0.3) is 0 Å². The maximum atomic E-state index is 11.9. The molecule has 0 saturated carbocycles. The van der Waals surface area contributed by atoms with Crippen LogP contribution in [0.25, 0.3) is 0 Å². The number of thiazole rings is 1. The number of amides is 1. The molecule has 5 heteroatoms. The average Bonchev–Trinajstić information content (AvgIpc) is 2.84. The predicted octanol–water partition coefficient (Wildman–Crippen LogP) is 3.58. The molecule has 0 aliphatic carbocycles. The Bertz CT molecular complexity index is 392. The SMILES string of the molecule is CCCNC(C)c1csc(NC(=O)C(C)CCC)n1. The fourth-order valence-corrected chi connectivity index (χ4v) is 2.61. The van der Waals surface area contributed by atoms with E-state index >= 15 is 0 Å². The van der Waals surface area contributed by atoms with Gasteiger partial charge in [0.1, 0.15) is 0 Å². The van der Waals surface area contributed by atoms with Crippen LogP contribution in [0.15, 0.2) is 5.38 Å². The molecule has 2 atom stereocenters.